The summed E-state index contributed by atoms with van der Waals surface area (Å²) >= 11 is 1.53. The van der Waals surface area contributed by atoms with E-state index in [1.54, 1.807) is 17.0 Å². The number of nitrogens with zero attached hydrogens (tertiary/aromatic N) is 2. The molecule has 2 aliphatic heterocycles. The SMILES string of the molecule is O=C(NC1=NCC2CN(C(=O)OCc3ccccc3)CC2(c2ccccc2)S1)c1ccccc1. The van der Waals surface area contributed by atoms with Gasteiger partial charge in [-0.2, -0.15) is 0 Å². The highest BCUT2D eigenvalue weighted by atomic mass is 32.2. The van der Waals surface area contributed by atoms with Gasteiger partial charge in [0.2, 0.25) is 0 Å². The van der Waals surface area contributed by atoms with Crippen molar-refractivity contribution in [3.8, 4) is 0 Å². The first kappa shape index (κ1) is 22.2. The van der Waals surface area contributed by atoms with Crippen molar-refractivity contribution >= 4 is 28.9 Å². The molecule has 0 spiro atoms. The second kappa shape index (κ2) is 9.73. The van der Waals surface area contributed by atoms with Gasteiger partial charge >= 0.3 is 6.09 Å². The summed E-state index contributed by atoms with van der Waals surface area (Å²) in [6.45, 7) is 1.80. The first-order valence-corrected chi connectivity index (χ1v) is 12.1. The summed E-state index contributed by atoms with van der Waals surface area (Å²) in [5.41, 5.74) is 2.65. The molecule has 0 radical (unpaired) electrons. The molecule has 6 nitrogen and oxygen atoms in total. The highest BCUT2D eigenvalue weighted by molar-refractivity contribution is 8.14. The Morgan fingerprint density at radius 3 is 2.32 bits per heavy atom. The normalized spacial score (nSPS) is 21.4. The Kier molecular flexibility index (Phi) is 6.36. The van der Waals surface area contributed by atoms with E-state index in [0.717, 1.165) is 11.1 Å². The van der Waals surface area contributed by atoms with Crippen LogP contribution in [-0.2, 0) is 16.1 Å². The molecule has 2 amide bonds. The molecule has 3 aromatic rings. The molecule has 1 N–H and O–H groups in total. The van der Waals surface area contributed by atoms with E-state index in [2.05, 4.69) is 22.4 Å². The number of likely N-dealkylation sites (tertiary alicyclic amines) is 1. The molecule has 34 heavy (non-hydrogen) atoms. The molecule has 172 valence electrons. The van der Waals surface area contributed by atoms with Gasteiger partial charge in [-0.05, 0) is 23.3 Å². The summed E-state index contributed by atoms with van der Waals surface area (Å²) in [6, 6.07) is 28.9. The third-order valence-corrected chi connectivity index (χ3v) is 7.73. The van der Waals surface area contributed by atoms with Crippen LogP contribution in [0.3, 0.4) is 0 Å². The van der Waals surface area contributed by atoms with Crippen LogP contribution in [0.25, 0.3) is 0 Å². The van der Waals surface area contributed by atoms with Crippen LogP contribution in [0.15, 0.2) is 96.0 Å². The number of fused-ring (bicyclic) bond motifs is 1. The number of thioether (sulfide) groups is 1. The maximum Gasteiger partial charge on any atom is 0.410 e. The van der Waals surface area contributed by atoms with Gasteiger partial charge in [0.05, 0.1) is 4.75 Å². The summed E-state index contributed by atoms with van der Waals surface area (Å²) < 4.78 is 5.21. The standard InChI is InChI=1S/C27H25N3O3S/c31-24(21-12-6-2-7-13-21)29-25-28-16-23-17-30(26(32)33-18-20-10-4-1-5-11-20)19-27(23,34-25)22-14-8-3-9-15-22/h1-15,23H,16-19H2,(H,28,29,31). The van der Waals surface area contributed by atoms with Crippen molar-refractivity contribution < 1.29 is 14.3 Å². The molecule has 0 bridgehead atoms. The van der Waals surface area contributed by atoms with Crippen molar-refractivity contribution in [2.75, 3.05) is 19.6 Å². The van der Waals surface area contributed by atoms with Crippen molar-refractivity contribution in [3.63, 3.8) is 0 Å². The number of rotatable bonds is 4. The Bertz CT molecular complexity index is 1190. The number of hydrogen-bond acceptors (Lipinski definition) is 5. The van der Waals surface area contributed by atoms with Crippen molar-refractivity contribution in [2.45, 2.75) is 11.4 Å². The minimum absolute atomic E-state index is 0.113. The van der Waals surface area contributed by atoms with Crippen LogP contribution >= 0.6 is 11.8 Å². The van der Waals surface area contributed by atoms with Gasteiger partial charge in [-0.15, -0.1) is 0 Å². The van der Waals surface area contributed by atoms with Crippen molar-refractivity contribution in [2.24, 2.45) is 10.9 Å². The van der Waals surface area contributed by atoms with Crippen molar-refractivity contribution in [1.82, 2.24) is 10.2 Å². The van der Waals surface area contributed by atoms with Gasteiger partial charge < -0.3 is 15.0 Å². The predicted molar refractivity (Wildman–Crippen MR) is 134 cm³/mol. The average Bonchev–Trinajstić information content (AvgIpc) is 3.29. The first-order valence-electron chi connectivity index (χ1n) is 11.2. The topological polar surface area (TPSA) is 71.0 Å². The highest BCUT2D eigenvalue weighted by Crippen LogP contribution is 2.50. The van der Waals surface area contributed by atoms with E-state index in [1.165, 1.54) is 11.8 Å². The molecular formula is C27H25N3O3S. The fourth-order valence-electron chi connectivity index (χ4n) is 4.49. The van der Waals surface area contributed by atoms with Crippen LogP contribution in [0.1, 0.15) is 21.5 Å². The summed E-state index contributed by atoms with van der Waals surface area (Å²) in [5, 5.41) is 3.55. The van der Waals surface area contributed by atoms with Crippen LogP contribution in [0.5, 0.6) is 0 Å². The van der Waals surface area contributed by atoms with E-state index in [-0.39, 0.29) is 24.5 Å². The molecule has 2 atom stereocenters. The van der Waals surface area contributed by atoms with E-state index in [1.807, 2.05) is 66.7 Å². The molecule has 2 unspecified atom stereocenters. The average molecular weight is 472 g/mol. The molecule has 0 saturated carbocycles. The largest absolute Gasteiger partial charge is 0.445 e. The number of hydrogen-bond donors (Lipinski definition) is 1. The number of carbonyl (C=O) groups excluding carboxylic acids is 2. The molecule has 5 rings (SSSR count). The van der Waals surface area contributed by atoms with Gasteiger partial charge in [0.25, 0.3) is 5.91 Å². The number of amidine groups is 1. The van der Waals surface area contributed by atoms with Crippen molar-refractivity contribution in [1.29, 1.82) is 0 Å². The van der Waals surface area contributed by atoms with Gasteiger partial charge in [-0.25, -0.2) is 4.79 Å². The lowest BCUT2D eigenvalue weighted by atomic mass is 9.87. The number of nitrogens with one attached hydrogen (secondary N) is 1. The molecule has 2 heterocycles. The first-order chi connectivity index (χ1) is 16.6. The molecule has 0 aromatic heterocycles. The van der Waals surface area contributed by atoms with E-state index in [0.29, 0.717) is 30.4 Å². The number of carbonyl (C=O) groups is 2. The summed E-state index contributed by atoms with van der Waals surface area (Å²) in [5.74, 6) is -0.0767. The molecule has 0 aliphatic carbocycles. The number of amides is 2. The minimum Gasteiger partial charge on any atom is -0.445 e. The van der Waals surface area contributed by atoms with Gasteiger partial charge in [0, 0.05) is 31.1 Å². The summed E-state index contributed by atoms with van der Waals surface area (Å²) in [7, 11) is 0. The van der Waals surface area contributed by atoms with Gasteiger partial charge in [0.15, 0.2) is 5.17 Å². The Balaban J connectivity index is 1.34. The Morgan fingerprint density at radius 1 is 0.971 bits per heavy atom. The zero-order valence-electron chi connectivity index (χ0n) is 18.6. The zero-order chi connectivity index (χ0) is 23.4. The smallest absolute Gasteiger partial charge is 0.410 e. The number of aliphatic imine (C=N–C) groups is 1. The molecule has 1 fully saturated rings. The molecular weight excluding hydrogens is 446 g/mol. The summed E-state index contributed by atoms with van der Waals surface area (Å²) in [4.78, 5) is 32.1. The molecule has 7 heteroatoms. The quantitative estimate of drug-likeness (QED) is 0.600. The number of ether oxygens (including phenoxy) is 1. The van der Waals surface area contributed by atoms with Gasteiger partial charge in [-0.1, -0.05) is 90.6 Å². The lowest BCUT2D eigenvalue weighted by molar-refractivity contribution is 0.0976. The lowest BCUT2D eigenvalue weighted by Crippen LogP contribution is -2.42. The second-order valence-electron chi connectivity index (χ2n) is 8.44. The predicted octanol–water partition coefficient (Wildman–Crippen LogP) is 4.68. The third-order valence-electron chi connectivity index (χ3n) is 6.24. The maximum atomic E-state index is 13.0. The fraction of sp³-hybridized carbons (Fsp3) is 0.222. The molecule has 1 saturated heterocycles. The van der Waals surface area contributed by atoms with Gasteiger partial charge in [0.1, 0.15) is 6.61 Å². The second-order valence-corrected chi connectivity index (χ2v) is 9.76. The third kappa shape index (κ3) is 4.56. The van der Waals surface area contributed by atoms with E-state index < -0.39 is 4.75 Å². The van der Waals surface area contributed by atoms with Gasteiger partial charge in [-0.3, -0.25) is 9.79 Å². The van der Waals surface area contributed by atoms with Crippen LogP contribution in [0, 0.1) is 5.92 Å². The number of benzene rings is 3. The zero-order valence-corrected chi connectivity index (χ0v) is 19.4. The monoisotopic (exact) mass is 471 g/mol. The van der Waals surface area contributed by atoms with Crippen LogP contribution in [0.2, 0.25) is 0 Å². The Hall–Kier alpha value is -3.58. The summed E-state index contributed by atoms with van der Waals surface area (Å²) in [6.07, 6.45) is -0.330. The Morgan fingerprint density at radius 2 is 1.62 bits per heavy atom. The molecule has 2 aliphatic rings. The highest BCUT2D eigenvalue weighted by Gasteiger charge is 2.52. The fourth-order valence-corrected chi connectivity index (χ4v) is 5.91. The van der Waals surface area contributed by atoms with Crippen molar-refractivity contribution in [3.05, 3.63) is 108 Å². The maximum absolute atomic E-state index is 13.0. The van der Waals surface area contributed by atoms with E-state index in [9.17, 15) is 9.59 Å². The van der Waals surface area contributed by atoms with Crippen LogP contribution in [-0.4, -0.2) is 41.7 Å². The van der Waals surface area contributed by atoms with Crippen LogP contribution < -0.4 is 5.32 Å². The van der Waals surface area contributed by atoms with E-state index >= 15 is 0 Å². The molecule has 3 aromatic carbocycles. The lowest BCUT2D eigenvalue weighted by Gasteiger charge is -2.37. The minimum atomic E-state index is -0.409. The Labute approximate surface area is 203 Å². The van der Waals surface area contributed by atoms with E-state index in [4.69, 9.17) is 4.74 Å². The van der Waals surface area contributed by atoms with Crippen LogP contribution in [0.4, 0.5) is 4.79 Å².